The van der Waals surface area contributed by atoms with E-state index in [9.17, 15) is 14.0 Å². The lowest BCUT2D eigenvalue weighted by Crippen LogP contribution is -2.75. The summed E-state index contributed by atoms with van der Waals surface area (Å²) in [5.74, 6) is -0.680. The molecule has 32 heavy (non-hydrogen) atoms. The number of aromatic nitrogens is 2. The van der Waals surface area contributed by atoms with Gasteiger partial charge in [-0.2, -0.15) is 0 Å². The minimum absolute atomic E-state index is 0.00338. The first kappa shape index (κ1) is 22.4. The van der Waals surface area contributed by atoms with Crippen molar-refractivity contribution in [1.82, 2.24) is 15.3 Å². The molecule has 1 N–H and O–H groups in total. The van der Waals surface area contributed by atoms with Gasteiger partial charge < -0.3 is 14.8 Å². The largest absolute Gasteiger partial charge is 0.484 e. The number of amides is 1. The quantitative estimate of drug-likeness (QED) is 0.546. The summed E-state index contributed by atoms with van der Waals surface area (Å²) >= 11 is 5.63. The van der Waals surface area contributed by atoms with E-state index in [4.69, 9.17) is 21.1 Å². The van der Waals surface area contributed by atoms with E-state index in [1.165, 1.54) is 18.3 Å². The molecule has 2 aromatic rings. The van der Waals surface area contributed by atoms with E-state index in [1.807, 2.05) is 6.08 Å². The molecule has 3 aliphatic carbocycles. The van der Waals surface area contributed by atoms with Crippen LogP contribution in [0.4, 0.5) is 4.39 Å². The highest BCUT2D eigenvalue weighted by atomic mass is 35.5. The first-order chi connectivity index (χ1) is 15.3. The monoisotopic (exact) mass is 459 g/mol. The zero-order chi connectivity index (χ0) is 22.8. The molecule has 7 nitrogen and oxygen atoms in total. The van der Waals surface area contributed by atoms with Crippen LogP contribution in [-0.4, -0.2) is 47.5 Å². The van der Waals surface area contributed by atoms with Crippen molar-refractivity contribution >= 4 is 29.4 Å². The van der Waals surface area contributed by atoms with Crippen molar-refractivity contribution < 1.29 is 23.5 Å². The summed E-state index contributed by atoms with van der Waals surface area (Å²) in [6.07, 6.45) is 9.30. The lowest BCUT2D eigenvalue weighted by atomic mass is 9.38. The molecule has 0 saturated heterocycles. The van der Waals surface area contributed by atoms with Crippen molar-refractivity contribution in [2.45, 2.75) is 31.2 Å². The maximum Gasteiger partial charge on any atom is 0.258 e. The van der Waals surface area contributed by atoms with Crippen molar-refractivity contribution in [2.75, 3.05) is 20.3 Å². The average Bonchev–Trinajstić information content (AvgIpc) is 2.73. The van der Waals surface area contributed by atoms with Gasteiger partial charge in [-0.05, 0) is 42.9 Å². The Labute approximate surface area is 190 Å². The smallest absolute Gasteiger partial charge is 0.258 e. The fourth-order valence-electron chi connectivity index (χ4n) is 4.63. The molecule has 2 bridgehead atoms. The minimum Gasteiger partial charge on any atom is -0.484 e. The molecule has 1 aromatic heterocycles. The molecule has 0 atom stereocenters. The number of carbonyl (C=O) groups is 2. The number of hydrogen-bond donors (Lipinski definition) is 1. The van der Waals surface area contributed by atoms with Crippen LogP contribution in [0.15, 0.2) is 36.7 Å². The van der Waals surface area contributed by atoms with Crippen molar-refractivity contribution in [1.29, 1.82) is 0 Å². The van der Waals surface area contributed by atoms with Crippen molar-refractivity contribution in [3.63, 3.8) is 0 Å². The molecule has 3 saturated carbocycles. The predicted molar refractivity (Wildman–Crippen MR) is 116 cm³/mol. The highest BCUT2D eigenvalue weighted by Gasteiger charge is 2.68. The average molecular weight is 460 g/mol. The lowest BCUT2D eigenvalue weighted by Gasteiger charge is -2.70. The van der Waals surface area contributed by atoms with E-state index in [0.29, 0.717) is 24.4 Å². The van der Waals surface area contributed by atoms with Crippen LogP contribution in [0.1, 0.15) is 41.9 Å². The van der Waals surface area contributed by atoms with E-state index in [0.717, 1.165) is 25.3 Å². The maximum absolute atomic E-state index is 13.4. The highest BCUT2D eigenvalue weighted by molar-refractivity contribution is 6.30. The summed E-state index contributed by atoms with van der Waals surface area (Å²) in [5, 5.41) is 2.98. The molecule has 0 radical (unpaired) electrons. The first-order valence-electron chi connectivity index (χ1n) is 10.2. The number of benzene rings is 1. The van der Waals surface area contributed by atoms with Crippen LogP contribution in [0, 0.1) is 11.2 Å². The third-order valence-electron chi connectivity index (χ3n) is 5.85. The number of rotatable bonds is 10. The number of nitrogens with one attached hydrogen (secondary N) is 1. The molecule has 1 amide bonds. The first-order valence-corrected chi connectivity index (χ1v) is 10.6. The van der Waals surface area contributed by atoms with Gasteiger partial charge in [0.15, 0.2) is 12.4 Å². The Morgan fingerprint density at radius 1 is 1.25 bits per heavy atom. The second kappa shape index (κ2) is 8.96. The molecule has 0 aliphatic heterocycles. The minimum atomic E-state index is -0.600. The number of methoxy groups -OCH3 is 1. The van der Waals surface area contributed by atoms with Crippen LogP contribution in [0.3, 0.4) is 0 Å². The van der Waals surface area contributed by atoms with Gasteiger partial charge in [-0.25, -0.2) is 9.37 Å². The number of Topliss-reactive ketones (excluding diaryl/α,β-unsaturated/α-hetero) is 1. The second-order valence-electron chi connectivity index (χ2n) is 8.51. The third kappa shape index (κ3) is 4.81. The van der Waals surface area contributed by atoms with E-state index in [1.54, 1.807) is 19.4 Å². The number of hydrogen-bond acceptors (Lipinski definition) is 6. The molecular formula is C23H23ClFN3O4. The molecule has 1 heterocycles. The summed E-state index contributed by atoms with van der Waals surface area (Å²) in [5.41, 5.74) is 0.659. The fourth-order valence-corrected chi connectivity index (χ4v) is 4.75. The van der Waals surface area contributed by atoms with Crippen LogP contribution < -0.4 is 10.1 Å². The predicted octanol–water partition coefficient (Wildman–Crippen LogP) is 3.62. The summed E-state index contributed by atoms with van der Waals surface area (Å²) in [6, 6.07) is 4.02. The SMILES string of the molecule is COC/C=C/c1cnc(C(=O)CC23CC(NC(=O)COc4ccc(Cl)c(F)c4)(C2)C3)cn1. The second-order valence-corrected chi connectivity index (χ2v) is 8.91. The Balaban J connectivity index is 1.22. The lowest BCUT2D eigenvalue weighted by molar-refractivity contribution is -0.164. The van der Waals surface area contributed by atoms with E-state index in [-0.39, 0.29) is 40.0 Å². The van der Waals surface area contributed by atoms with Crippen LogP contribution in [0.2, 0.25) is 5.02 Å². The Morgan fingerprint density at radius 3 is 2.69 bits per heavy atom. The van der Waals surface area contributed by atoms with Crippen molar-refractivity contribution in [2.24, 2.45) is 5.41 Å². The molecule has 0 spiro atoms. The molecule has 3 fully saturated rings. The van der Waals surface area contributed by atoms with Crippen LogP contribution >= 0.6 is 11.6 Å². The highest BCUT2D eigenvalue weighted by Crippen LogP contribution is 2.69. The molecular weight excluding hydrogens is 437 g/mol. The van der Waals surface area contributed by atoms with E-state index in [2.05, 4.69) is 15.3 Å². The Kier molecular flexibility index (Phi) is 6.26. The van der Waals surface area contributed by atoms with Gasteiger partial charge in [0.25, 0.3) is 5.91 Å². The molecule has 9 heteroatoms. The van der Waals surface area contributed by atoms with E-state index >= 15 is 0 Å². The molecule has 1 aromatic carbocycles. The Morgan fingerprint density at radius 2 is 2.03 bits per heavy atom. The van der Waals surface area contributed by atoms with Gasteiger partial charge in [-0.15, -0.1) is 0 Å². The van der Waals surface area contributed by atoms with Gasteiger partial charge in [0.05, 0.1) is 29.7 Å². The van der Waals surface area contributed by atoms with Crippen LogP contribution in [0.5, 0.6) is 5.75 Å². The molecule has 5 rings (SSSR count). The zero-order valence-electron chi connectivity index (χ0n) is 17.6. The third-order valence-corrected chi connectivity index (χ3v) is 6.16. The normalized spacial score (nSPS) is 23.3. The molecule has 0 unspecified atom stereocenters. The van der Waals surface area contributed by atoms with Gasteiger partial charge in [0, 0.05) is 25.1 Å². The summed E-state index contributed by atoms with van der Waals surface area (Å²) in [4.78, 5) is 33.3. The van der Waals surface area contributed by atoms with Gasteiger partial charge in [0.2, 0.25) is 0 Å². The standard InChI is InChI=1S/C23H23ClFN3O4/c1-31-6-2-3-15-9-27-19(10-26-15)20(29)8-22-12-23(13-22,14-22)28-21(30)11-32-16-4-5-17(24)18(25)7-16/h2-5,7,9-10H,6,8,11-14H2,1H3,(H,28,30)/b3-2+. The van der Waals surface area contributed by atoms with Gasteiger partial charge >= 0.3 is 0 Å². The maximum atomic E-state index is 13.4. The van der Waals surface area contributed by atoms with E-state index < -0.39 is 5.82 Å². The zero-order valence-corrected chi connectivity index (χ0v) is 18.3. The number of carbonyl (C=O) groups excluding carboxylic acids is 2. The van der Waals surface area contributed by atoms with Crippen LogP contribution in [0.25, 0.3) is 6.08 Å². The molecule has 168 valence electrons. The van der Waals surface area contributed by atoms with Gasteiger partial charge in [0.1, 0.15) is 17.3 Å². The topological polar surface area (TPSA) is 90.4 Å². The number of halogens is 2. The number of ether oxygens (including phenoxy) is 2. The Hall–Kier alpha value is -2.84. The summed E-state index contributed by atoms with van der Waals surface area (Å²) < 4.78 is 23.7. The fraction of sp³-hybridized carbons (Fsp3) is 0.391. The number of nitrogens with zero attached hydrogens (tertiary/aromatic N) is 2. The van der Waals surface area contributed by atoms with Crippen molar-refractivity contribution in [3.05, 3.63) is 58.9 Å². The molecule has 3 aliphatic rings. The summed E-state index contributed by atoms with van der Waals surface area (Å²) in [7, 11) is 1.61. The van der Waals surface area contributed by atoms with Gasteiger partial charge in [-0.1, -0.05) is 17.7 Å². The number of ketones is 1. The van der Waals surface area contributed by atoms with Crippen LogP contribution in [-0.2, 0) is 9.53 Å². The summed E-state index contributed by atoms with van der Waals surface area (Å²) in [6.45, 7) is 0.268. The van der Waals surface area contributed by atoms with Gasteiger partial charge in [-0.3, -0.25) is 14.6 Å². The Bertz CT molecular complexity index is 1040. The van der Waals surface area contributed by atoms with Crippen molar-refractivity contribution in [3.8, 4) is 5.75 Å².